The minimum absolute atomic E-state index is 0.118. The van der Waals surface area contributed by atoms with E-state index in [9.17, 15) is 9.59 Å². The summed E-state index contributed by atoms with van der Waals surface area (Å²) in [6.07, 6.45) is 13.8. The van der Waals surface area contributed by atoms with Crippen LogP contribution in [-0.2, 0) is 0 Å². The number of carbonyl (C=O) groups excluding carboxylic acids is 2. The third-order valence-corrected chi connectivity index (χ3v) is 8.88. The third-order valence-electron chi connectivity index (χ3n) is 8.88. The number of nitrogens with two attached hydrogens (primary N) is 1. The van der Waals surface area contributed by atoms with Crippen molar-refractivity contribution in [2.24, 2.45) is 29.4 Å². The molecule has 0 radical (unpaired) electrons. The fourth-order valence-corrected chi connectivity index (χ4v) is 6.93. The highest BCUT2D eigenvalue weighted by molar-refractivity contribution is 5.97. The van der Waals surface area contributed by atoms with Gasteiger partial charge in [0, 0.05) is 24.7 Å². The van der Waals surface area contributed by atoms with Crippen molar-refractivity contribution in [2.45, 2.75) is 77.2 Å². The average molecular weight is 522 g/mol. The van der Waals surface area contributed by atoms with E-state index in [-0.39, 0.29) is 17.9 Å². The van der Waals surface area contributed by atoms with Gasteiger partial charge in [-0.15, -0.1) is 0 Å². The van der Waals surface area contributed by atoms with Crippen molar-refractivity contribution in [3.8, 4) is 11.6 Å². The largest absolute Gasteiger partial charge is 0.477 e. The number of fused-ring (bicyclic) bond motifs is 2. The molecule has 1 heterocycles. The van der Waals surface area contributed by atoms with Crippen LogP contribution in [0.4, 0.5) is 0 Å². The molecule has 4 atom stereocenters. The van der Waals surface area contributed by atoms with Crippen LogP contribution in [-0.4, -0.2) is 47.3 Å². The zero-order valence-corrected chi connectivity index (χ0v) is 22.7. The molecule has 3 fully saturated rings. The Labute approximate surface area is 226 Å². The molecule has 3 aliphatic carbocycles. The Bertz CT molecular complexity index is 1110. The normalized spacial score (nSPS) is 25.5. The van der Waals surface area contributed by atoms with E-state index in [2.05, 4.69) is 22.7 Å². The van der Waals surface area contributed by atoms with E-state index in [0.717, 1.165) is 18.8 Å². The van der Waals surface area contributed by atoms with Gasteiger partial charge in [0.1, 0.15) is 5.56 Å². The second kappa shape index (κ2) is 12.3. The number of rotatable bonds is 9. The fourth-order valence-electron chi connectivity index (χ4n) is 6.93. The van der Waals surface area contributed by atoms with Gasteiger partial charge >= 0.3 is 0 Å². The summed E-state index contributed by atoms with van der Waals surface area (Å²) in [5.41, 5.74) is 7.20. The van der Waals surface area contributed by atoms with Crippen molar-refractivity contribution in [1.82, 2.24) is 20.4 Å². The number of carbonyl (C=O) groups is 2. The van der Waals surface area contributed by atoms with Gasteiger partial charge in [0.25, 0.3) is 11.8 Å². The summed E-state index contributed by atoms with van der Waals surface area (Å²) in [5.74, 6) is 2.45. The number of ether oxygens (including phenoxy) is 1. The highest BCUT2D eigenvalue weighted by atomic mass is 16.5. The second-order valence-corrected chi connectivity index (χ2v) is 11.7. The first-order chi connectivity index (χ1) is 18.5. The van der Waals surface area contributed by atoms with Gasteiger partial charge in [-0.25, -0.2) is 4.68 Å². The highest BCUT2D eigenvalue weighted by Gasteiger charge is 2.39. The summed E-state index contributed by atoms with van der Waals surface area (Å²) in [4.78, 5) is 26.3. The van der Waals surface area contributed by atoms with E-state index >= 15 is 0 Å². The molecule has 2 amide bonds. The Morgan fingerprint density at radius 1 is 1.08 bits per heavy atom. The van der Waals surface area contributed by atoms with E-state index in [1.165, 1.54) is 51.4 Å². The SMILES string of the molecule is CC1CC2CCCC(C2)C1NC(=O)c1cnn(-c2cccc(C(=O)NCCN)c2)c1OCC1CCCCC1. The molecule has 0 aliphatic heterocycles. The topological polar surface area (TPSA) is 111 Å². The predicted molar refractivity (Wildman–Crippen MR) is 148 cm³/mol. The summed E-state index contributed by atoms with van der Waals surface area (Å²) >= 11 is 0. The lowest BCUT2D eigenvalue weighted by molar-refractivity contribution is 0.0723. The minimum atomic E-state index is -0.191. The third kappa shape index (κ3) is 6.06. The van der Waals surface area contributed by atoms with Gasteiger partial charge in [-0.2, -0.15) is 5.10 Å². The highest BCUT2D eigenvalue weighted by Crippen LogP contribution is 2.42. The van der Waals surface area contributed by atoms with Crippen LogP contribution in [0.1, 0.15) is 91.8 Å². The van der Waals surface area contributed by atoms with Crippen molar-refractivity contribution < 1.29 is 14.3 Å². The number of amides is 2. The average Bonchev–Trinajstić information content (AvgIpc) is 3.37. The van der Waals surface area contributed by atoms with Crippen LogP contribution in [0.2, 0.25) is 0 Å². The van der Waals surface area contributed by atoms with E-state index < -0.39 is 0 Å². The predicted octanol–water partition coefficient (Wildman–Crippen LogP) is 4.46. The Balaban J connectivity index is 1.40. The maximum absolute atomic E-state index is 13.7. The van der Waals surface area contributed by atoms with Crippen molar-refractivity contribution >= 4 is 11.8 Å². The molecule has 2 bridgehead atoms. The monoisotopic (exact) mass is 521 g/mol. The standard InChI is InChI=1S/C30H43N5O3/c1-20-15-22-9-5-10-23(16-22)27(20)34-29(37)26-18-33-35(30(26)38-19-21-7-3-2-4-8-21)25-12-6-11-24(17-25)28(36)32-14-13-31/h6,11-12,17-18,20-23,27H,2-5,7-10,13-16,19,31H2,1H3,(H,32,36)(H,34,37). The van der Waals surface area contributed by atoms with Crippen LogP contribution in [0.25, 0.3) is 5.69 Å². The lowest BCUT2D eigenvalue weighted by Crippen LogP contribution is -2.49. The van der Waals surface area contributed by atoms with Gasteiger partial charge in [-0.05, 0) is 74.0 Å². The molecule has 5 rings (SSSR count). The molecule has 4 N–H and O–H groups in total. The summed E-state index contributed by atoms with van der Waals surface area (Å²) in [5, 5.41) is 10.8. The first kappa shape index (κ1) is 26.7. The van der Waals surface area contributed by atoms with Crippen LogP contribution in [0.3, 0.4) is 0 Å². The summed E-state index contributed by atoms with van der Waals surface area (Å²) in [6.45, 7) is 3.63. The van der Waals surface area contributed by atoms with Gasteiger partial charge in [0.15, 0.2) is 0 Å². The Morgan fingerprint density at radius 2 is 1.92 bits per heavy atom. The molecule has 8 heteroatoms. The first-order valence-electron chi connectivity index (χ1n) is 14.6. The summed E-state index contributed by atoms with van der Waals surface area (Å²) in [7, 11) is 0. The lowest BCUT2D eigenvalue weighted by atomic mass is 9.65. The van der Waals surface area contributed by atoms with Crippen LogP contribution in [0, 0.1) is 23.7 Å². The molecular weight excluding hydrogens is 478 g/mol. The van der Waals surface area contributed by atoms with Crippen molar-refractivity contribution in [3.63, 3.8) is 0 Å². The van der Waals surface area contributed by atoms with Crippen LogP contribution in [0.5, 0.6) is 5.88 Å². The first-order valence-corrected chi connectivity index (χ1v) is 14.6. The second-order valence-electron chi connectivity index (χ2n) is 11.7. The molecule has 3 aliphatic rings. The lowest BCUT2D eigenvalue weighted by Gasteiger charge is -2.44. The van der Waals surface area contributed by atoms with E-state index in [4.69, 9.17) is 10.5 Å². The molecule has 2 aromatic rings. The van der Waals surface area contributed by atoms with Gasteiger partial charge in [-0.1, -0.05) is 45.1 Å². The fraction of sp³-hybridized carbons (Fsp3) is 0.633. The van der Waals surface area contributed by atoms with Gasteiger partial charge in [0.05, 0.1) is 18.5 Å². The van der Waals surface area contributed by atoms with Crippen LogP contribution in [0.15, 0.2) is 30.5 Å². The quantitative estimate of drug-likeness (QED) is 0.451. The maximum atomic E-state index is 13.7. The zero-order chi connectivity index (χ0) is 26.5. The molecule has 0 spiro atoms. The van der Waals surface area contributed by atoms with Crippen molar-refractivity contribution in [3.05, 3.63) is 41.6 Å². The number of hydrogen-bond acceptors (Lipinski definition) is 5. The number of aromatic nitrogens is 2. The Hall–Kier alpha value is -2.87. The molecular formula is C30H43N5O3. The summed E-state index contributed by atoms with van der Waals surface area (Å²) < 4.78 is 8.07. The number of nitrogens with zero attached hydrogens (tertiary/aromatic N) is 2. The molecule has 38 heavy (non-hydrogen) atoms. The molecule has 3 saturated carbocycles. The maximum Gasteiger partial charge on any atom is 0.258 e. The van der Waals surface area contributed by atoms with Crippen molar-refractivity contribution in [1.29, 1.82) is 0 Å². The smallest absolute Gasteiger partial charge is 0.258 e. The number of hydrogen-bond donors (Lipinski definition) is 3. The molecule has 206 valence electrons. The van der Waals surface area contributed by atoms with E-state index in [1.807, 2.05) is 12.1 Å². The van der Waals surface area contributed by atoms with Crippen LogP contribution >= 0.6 is 0 Å². The van der Waals surface area contributed by atoms with Gasteiger partial charge in [0.2, 0.25) is 5.88 Å². The Kier molecular flexibility index (Phi) is 8.67. The van der Waals surface area contributed by atoms with Crippen LogP contribution < -0.4 is 21.1 Å². The molecule has 1 aromatic carbocycles. The van der Waals surface area contributed by atoms with Gasteiger partial charge in [-0.3, -0.25) is 9.59 Å². The molecule has 1 aromatic heterocycles. The van der Waals surface area contributed by atoms with Gasteiger partial charge < -0.3 is 21.1 Å². The van der Waals surface area contributed by atoms with Crippen molar-refractivity contribution in [2.75, 3.05) is 19.7 Å². The molecule has 0 saturated heterocycles. The summed E-state index contributed by atoms with van der Waals surface area (Å²) in [6, 6.07) is 7.43. The number of benzene rings is 1. The zero-order valence-electron chi connectivity index (χ0n) is 22.7. The minimum Gasteiger partial charge on any atom is -0.477 e. The van der Waals surface area contributed by atoms with E-state index in [1.54, 1.807) is 23.0 Å². The molecule has 8 nitrogen and oxygen atoms in total. The van der Waals surface area contributed by atoms with E-state index in [0.29, 0.717) is 60.1 Å². The number of nitrogens with one attached hydrogen (secondary N) is 2. The molecule has 4 unspecified atom stereocenters. The Morgan fingerprint density at radius 3 is 2.74 bits per heavy atom.